The number of fused-ring (bicyclic) bond motifs is 1. The van der Waals surface area contributed by atoms with Gasteiger partial charge in [0.25, 0.3) is 0 Å². The average Bonchev–Trinajstić information content (AvgIpc) is 3.32. The Bertz CT molecular complexity index is 1490. The van der Waals surface area contributed by atoms with Crippen LogP contribution in [-0.4, -0.2) is 50.3 Å². The predicted molar refractivity (Wildman–Crippen MR) is 143 cm³/mol. The topological polar surface area (TPSA) is 109 Å². The molecule has 0 bridgehead atoms. The third kappa shape index (κ3) is 5.12. The lowest BCUT2D eigenvalue weighted by molar-refractivity contribution is 0.327. The molecule has 1 N–H and O–H groups in total. The number of benzene rings is 1. The molecule has 0 saturated heterocycles. The highest BCUT2D eigenvalue weighted by Crippen LogP contribution is 2.38. The number of hydrogen-bond acceptors (Lipinski definition) is 10. The van der Waals surface area contributed by atoms with Crippen LogP contribution >= 0.6 is 11.9 Å². The fourth-order valence-corrected chi connectivity index (χ4v) is 4.41. The molecule has 5 rings (SSSR count). The van der Waals surface area contributed by atoms with Crippen molar-refractivity contribution in [3.05, 3.63) is 72.7 Å². The third-order valence-corrected chi connectivity index (χ3v) is 6.16. The first kappa shape index (κ1) is 24.3. The van der Waals surface area contributed by atoms with Crippen LogP contribution in [0.4, 0.5) is 5.82 Å². The number of ether oxygens (including phenoxy) is 3. The molecule has 37 heavy (non-hydrogen) atoms. The number of aromatic nitrogens is 6. The molecule has 0 amide bonds. The van der Waals surface area contributed by atoms with E-state index in [1.165, 1.54) is 11.9 Å². The van der Waals surface area contributed by atoms with Crippen LogP contribution in [-0.2, 0) is 5.75 Å². The molecular weight excluding hydrogens is 490 g/mol. The van der Waals surface area contributed by atoms with E-state index in [1.54, 1.807) is 32.7 Å². The van der Waals surface area contributed by atoms with E-state index in [2.05, 4.69) is 19.7 Å². The van der Waals surface area contributed by atoms with Gasteiger partial charge in [0.1, 0.15) is 22.9 Å². The van der Waals surface area contributed by atoms with Gasteiger partial charge >= 0.3 is 0 Å². The quantitative estimate of drug-likeness (QED) is 0.257. The number of methoxy groups -OCH3 is 2. The minimum Gasteiger partial charge on any atom is -0.494 e. The van der Waals surface area contributed by atoms with Gasteiger partial charge in [-0.05, 0) is 49.2 Å². The van der Waals surface area contributed by atoms with Crippen molar-refractivity contribution < 1.29 is 14.2 Å². The number of para-hydroxylation sites is 1. The van der Waals surface area contributed by atoms with Crippen molar-refractivity contribution >= 4 is 29.1 Å². The van der Waals surface area contributed by atoms with Crippen LogP contribution in [0.5, 0.6) is 17.4 Å². The number of anilines is 1. The van der Waals surface area contributed by atoms with Crippen molar-refractivity contribution in [2.45, 2.75) is 12.7 Å². The zero-order valence-corrected chi connectivity index (χ0v) is 21.4. The first-order chi connectivity index (χ1) is 18.2. The van der Waals surface area contributed by atoms with E-state index in [-0.39, 0.29) is 0 Å². The fourth-order valence-electron chi connectivity index (χ4n) is 3.77. The Hall–Kier alpha value is -4.38. The molecule has 0 fully saturated rings. The summed E-state index contributed by atoms with van der Waals surface area (Å²) in [5.74, 6) is 3.44. The summed E-state index contributed by atoms with van der Waals surface area (Å²) in [6, 6.07) is 17.0. The second kappa shape index (κ2) is 11.1. The van der Waals surface area contributed by atoms with E-state index < -0.39 is 0 Å². The Balaban J connectivity index is 1.63. The Morgan fingerprint density at radius 2 is 1.70 bits per heavy atom. The largest absolute Gasteiger partial charge is 0.494 e. The summed E-state index contributed by atoms with van der Waals surface area (Å²) in [6.07, 6.45) is 3.43. The van der Waals surface area contributed by atoms with Crippen LogP contribution in [0.25, 0.3) is 28.5 Å². The normalized spacial score (nSPS) is 10.9. The van der Waals surface area contributed by atoms with Gasteiger partial charge < -0.3 is 18.9 Å². The predicted octanol–water partition coefficient (Wildman–Crippen LogP) is 4.95. The van der Waals surface area contributed by atoms with Crippen LogP contribution < -0.4 is 18.9 Å². The van der Waals surface area contributed by atoms with Crippen LogP contribution in [0.3, 0.4) is 0 Å². The second-order valence-corrected chi connectivity index (χ2v) is 8.47. The number of imidazole rings is 1. The minimum atomic E-state index is 0.451. The molecule has 0 radical (unpaired) electrons. The van der Waals surface area contributed by atoms with E-state index in [9.17, 15) is 0 Å². The van der Waals surface area contributed by atoms with Gasteiger partial charge in [-0.2, -0.15) is 0 Å². The maximum atomic E-state index is 5.71. The first-order valence-electron chi connectivity index (χ1n) is 11.6. The van der Waals surface area contributed by atoms with Gasteiger partial charge in [-0.3, -0.25) is 9.55 Å². The molecule has 0 unspecified atom stereocenters. The van der Waals surface area contributed by atoms with Gasteiger partial charge in [0.2, 0.25) is 5.88 Å². The third-order valence-electron chi connectivity index (χ3n) is 5.36. The molecule has 1 aromatic carbocycles. The molecule has 188 valence electrons. The van der Waals surface area contributed by atoms with E-state index in [0.717, 1.165) is 5.69 Å². The summed E-state index contributed by atoms with van der Waals surface area (Å²) < 4.78 is 22.2. The molecule has 0 atom stereocenters. The average molecular weight is 516 g/mol. The second-order valence-electron chi connectivity index (χ2n) is 7.69. The Morgan fingerprint density at radius 1 is 0.892 bits per heavy atom. The molecule has 10 nitrogen and oxygen atoms in total. The summed E-state index contributed by atoms with van der Waals surface area (Å²) >= 11 is 1.47. The number of rotatable bonds is 10. The molecule has 4 aromatic heterocycles. The molecule has 11 heteroatoms. The number of hydrogen-bond donors (Lipinski definition) is 1. The molecule has 0 saturated carbocycles. The lowest BCUT2D eigenvalue weighted by Crippen LogP contribution is -2.06. The monoisotopic (exact) mass is 515 g/mol. The van der Waals surface area contributed by atoms with Gasteiger partial charge in [-0.1, -0.05) is 18.2 Å². The van der Waals surface area contributed by atoms with Crippen LogP contribution in [0.1, 0.15) is 12.6 Å². The van der Waals surface area contributed by atoms with Crippen molar-refractivity contribution in [3.63, 3.8) is 0 Å². The highest BCUT2D eigenvalue weighted by Gasteiger charge is 2.24. The molecular formula is C26H25N7O3S. The lowest BCUT2D eigenvalue weighted by atomic mass is 10.2. The van der Waals surface area contributed by atoms with Gasteiger partial charge in [-0.15, -0.1) is 0 Å². The standard InChI is InChI=1S/C26H25N7O3S/c1-4-36-22-13-7-10-18(29-22)25-31-24-26(33(25)23-19(34-2)11-8-12-20(23)35-3)30-21(15-28-24)32-37-16-17-9-5-6-14-27-17/h5-15H,4,16H2,1-3H3,(H,30,32). The summed E-state index contributed by atoms with van der Waals surface area (Å²) in [6.45, 7) is 2.42. The Kier molecular flexibility index (Phi) is 7.31. The number of nitrogens with zero attached hydrogens (tertiary/aromatic N) is 6. The maximum absolute atomic E-state index is 5.71. The number of pyridine rings is 2. The lowest BCUT2D eigenvalue weighted by Gasteiger charge is -2.16. The maximum Gasteiger partial charge on any atom is 0.213 e. The SMILES string of the molecule is CCOc1cccc(-c2nc3ncc(NSCc4ccccn4)nc3n2-c2c(OC)cccc2OC)n1. The molecule has 0 aliphatic heterocycles. The molecule has 0 spiro atoms. The van der Waals surface area contributed by atoms with E-state index in [1.807, 2.05) is 60.0 Å². The van der Waals surface area contributed by atoms with Gasteiger partial charge in [0.15, 0.2) is 22.9 Å². The van der Waals surface area contributed by atoms with Crippen LogP contribution in [0.15, 0.2) is 67.0 Å². The van der Waals surface area contributed by atoms with Crippen molar-refractivity contribution in [1.82, 2.24) is 29.5 Å². The van der Waals surface area contributed by atoms with Gasteiger partial charge in [0, 0.05) is 12.3 Å². The highest BCUT2D eigenvalue weighted by molar-refractivity contribution is 7.99. The smallest absolute Gasteiger partial charge is 0.213 e. The summed E-state index contributed by atoms with van der Waals surface area (Å²) in [5.41, 5.74) is 3.16. The zero-order valence-electron chi connectivity index (χ0n) is 20.6. The number of nitrogens with one attached hydrogen (secondary N) is 1. The fraction of sp³-hybridized carbons (Fsp3) is 0.192. The van der Waals surface area contributed by atoms with E-state index in [0.29, 0.717) is 64.1 Å². The molecule has 0 aliphatic rings. The summed E-state index contributed by atoms with van der Waals surface area (Å²) in [4.78, 5) is 23.2. The zero-order chi connectivity index (χ0) is 25.6. The van der Waals surface area contributed by atoms with Crippen molar-refractivity contribution in [1.29, 1.82) is 0 Å². The summed E-state index contributed by atoms with van der Waals surface area (Å²) in [7, 11) is 3.22. The van der Waals surface area contributed by atoms with Gasteiger partial charge in [-0.25, -0.2) is 19.9 Å². The van der Waals surface area contributed by atoms with Crippen molar-refractivity contribution in [2.75, 3.05) is 25.5 Å². The van der Waals surface area contributed by atoms with Gasteiger partial charge in [0.05, 0.1) is 38.5 Å². The van der Waals surface area contributed by atoms with Crippen LogP contribution in [0, 0.1) is 0 Å². The molecule has 4 heterocycles. The highest BCUT2D eigenvalue weighted by atomic mass is 32.2. The molecule has 5 aromatic rings. The molecule has 0 aliphatic carbocycles. The minimum absolute atomic E-state index is 0.451. The Morgan fingerprint density at radius 3 is 2.43 bits per heavy atom. The first-order valence-corrected chi connectivity index (χ1v) is 12.5. The summed E-state index contributed by atoms with van der Waals surface area (Å²) in [5, 5.41) is 0. The van der Waals surface area contributed by atoms with E-state index >= 15 is 0 Å². The van der Waals surface area contributed by atoms with E-state index in [4.69, 9.17) is 24.2 Å². The Labute approximate surface area is 218 Å². The van der Waals surface area contributed by atoms with Crippen molar-refractivity contribution in [2.24, 2.45) is 0 Å². The van der Waals surface area contributed by atoms with Crippen molar-refractivity contribution in [3.8, 4) is 34.6 Å². The van der Waals surface area contributed by atoms with Crippen LogP contribution in [0.2, 0.25) is 0 Å².